The largest absolute Gasteiger partial charge is 0.444 e. The molecule has 0 saturated carbocycles. The summed E-state index contributed by atoms with van der Waals surface area (Å²) in [5.74, 6) is 0. The number of rotatable bonds is 0. The van der Waals surface area contributed by atoms with E-state index in [0.717, 1.165) is 12.8 Å². The molecule has 0 aromatic rings. The Morgan fingerprint density at radius 2 is 1.75 bits per heavy atom. The van der Waals surface area contributed by atoms with Gasteiger partial charge in [0.2, 0.25) is 0 Å². The van der Waals surface area contributed by atoms with Crippen molar-refractivity contribution in [1.82, 2.24) is 9.96 Å². The number of amides is 1. The zero-order valence-corrected chi connectivity index (χ0v) is 10.1. The van der Waals surface area contributed by atoms with Crippen molar-refractivity contribution in [3.8, 4) is 0 Å². The second-order valence-corrected chi connectivity index (χ2v) is 5.64. The van der Waals surface area contributed by atoms with Gasteiger partial charge in [0.1, 0.15) is 5.60 Å². The van der Waals surface area contributed by atoms with Crippen molar-refractivity contribution in [3.63, 3.8) is 0 Å². The van der Waals surface area contributed by atoms with Crippen molar-refractivity contribution >= 4 is 6.09 Å². The van der Waals surface area contributed by atoms with Gasteiger partial charge in [0, 0.05) is 13.1 Å². The number of hydrogen-bond acceptors (Lipinski definition) is 4. The maximum absolute atomic E-state index is 12.0. The van der Waals surface area contributed by atoms with Crippen molar-refractivity contribution in [2.45, 2.75) is 51.3 Å². The summed E-state index contributed by atoms with van der Waals surface area (Å²) in [6.45, 7) is 6.69. The minimum Gasteiger partial charge on any atom is -0.444 e. The molecule has 5 nitrogen and oxygen atoms in total. The first-order valence-corrected chi connectivity index (χ1v) is 5.82. The minimum absolute atomic E-state index is 0.110. The molecule has 16 heavy (non-hydrogen) atoms. The molecule has 1 amide bonds. The van der Waals surface area contributed by atoms with Gasteiger partial charge in [-0.2, -0.15) is 5.06 Å². The molecule has 2 rings (SSSR count). The van der Waals surface area contributed by atoms with Gasteiger partial charge in [0.15, 0.2) is 0 Å². The van der Waals surface area contributed by atoms with E-state index in [1.165, 1.54) is 5.06 Å². The summed E-state index contributed by atoms with van der Waals surface area (Å²) in [7, 11) is 0. The second kappa shape index (κ2) is 3.89. The second-order valence-electron chi connectivity index (χ2n) is 5.64. The fourth-order valence-electron chi connectivity index (χ4n) is 2.49. The molecule has 2 fully saturated rings. The number of hydroxylamine groups is 2. The summed E-state index contributed by atoms with van der Waals surface area (Å²) in [6.07, 6.45) is 1.68. The fourth-order valence-corrected chi connectivity index (χ4v) is 2.49. The van der Waals surface area contributed by atoms with Crippen molar-refractivity contribution in [2.24, 2.45) is 0 Å². The highest BCUT2D eigenvalue weighted by Crippen LogP contribution is 2.30. The molecule has 92 valence electrons. The van der Waals surface area contributed by atoms with Crippen LogP contribution in [-0.2, 0) is 4.74 Å². The standard InChI is InChI=1S/C11H20N2O3/c1-11(2,3)16-10(14)13-8-4-5-9(13)7-12(15)6-8/h8-9,15H,4-7H2,1-3H3. The quantitative estimate of drug-likeness (QED) is 0.682. The Bertz CT molecular complexity index is 273. The molecule has 0 aromatic heterocycles. The average Bonchev–Trinajstić information content (AvgIpc) is 2.36. The Morgan fingerprint density at radius 3 is 2.19 bits per heavy atom. The van der Waals surface area contributed by atoms with E-state index in [0.29, 0.717) is 13.1 Å². The van der Waals surface area contributed by atoms with Crippen LogP contribution >= 0.6 is 0 Å². The van der Waals surface area contributed by atoms with Gasteiger partial charge in [0.25, 0.3) is 0 Å². The first-order valence-electron chi connectivity index (χ1n) is 5.82. The summed E-state index contributed by atoms with van der Waals surface area (Å²) >= 11 is 0. The van der Waals surface area contributed by atoms with E-state index in [-0.39, 0.29) is 18.2 Å². The van der Waals surface area contributed by atoms with E-state index in [1.807, 2.05) is 20.8 Å². The lowest BCUT2D eigenvalue weighted by Crippen LogP contribution is -2.55. The van der Waals surface area contributed by atoms with Crippen LogP contribution in [0.3, 0.4) is 0 Å². The van der Waals surface area contributed by atoms with Crippen LogP contribution in [0.2, 0.25) is 0 Å². The molecule has 2 aliphatic heterocycles. The molecule has 2 bridgehead atoms. The van der Waals surface area contributed by atoms with Crippen LogP contribution < -0.4 is 0 Å². The molecule has 0 spiro atoms. The molecule has 2 unspecified atom stereocenters. The van der Waals surface area contributed by atoms with Crippen LogP contribution in [0.15, 0.2) is 0 Å². The lowest BCUT2D eigenvalue weighted by molar-refractivity contribution is -0.135. The summed E-state index contributed by atoms with van der Waals surface area (Å²) in [6, 6.07) is 0.220. The van der Waals surface area contributed by atoms with Crippen molar-refractivity contribution in [2.75, 3.05) is 13.1 Å². The van der Waals surface area contributed by atoms with Gasteiger partial charge < -0.3 is 9.94 Å². The van der Waals surface area contributed by atoms with E-state index in [2.05, 4.69) is 0 Å². The zero-order valence-electron chi connectivity index (χ0n) is 10.1. The van der Waals surface area contributed by atoms with Crippen LogP contribution in [0, 0.1) is 0 Å². The lowest BCUT2D eigenvalue weighted by atomic mass is 10.2. The first-order chi connectivity index (χ1) is 7.37. The normalized spacial score (nSPS) is 30.6. The van der Waals surface area contributed by atoms with Crippen LogP contribution in [0.5, 0.6) is 0 Å². The minimum atomic E-state index is -0.452. The van der Waals surface area contributed by atoms with E-state index < -0.39 is 5.60 Å². The highest BCUT2D eigenvalue weighted by atomic mass is 16.6. The van der Waals surface area contributed by atoms with Gasteiger partial charge in [-0.05, 0) is 33.6 Å². The third-order valence-corrected chi connectivity index (χ3v) is 3.07. The molecule has 2 saturated heterocycles. The predicted molar refractivity (Wildman–Crippen MR) is 58.2 cm³/mol. The highest BCUT2D eigenvalue weighted by molar-refractivity contribution is 5.69. The Labute approximate surface area is 95.9 Å². The fraction of sp³-hybridized carbons (Fsp3) is 0.909. The van der Waals surface area contributed by atoms with Gasteiger partial charge in [-0.25, -0.2) is 4.79 Å². The molecule has 5 heteroatoms. The van der Waals surface area contributed by atoms with Crippen molar-refractivity contribution in [3.05, 3.63) is 0 Å². The number of carbonyl (C=O) groups is 1. The maximum Gasteiger partial charge on any atom is 0.410 e. The average molecular weight is 228 g/mol. The Balaban J connectivity index is 2.03. The summed E-state index contributed by atoms with van der Waals surface area (Å²) in [4.78, 5) is 13.8. The molecule has 0 aliphatic carbocycles. The molecule has 2 atom stereocenters. The highest BCUT2D eigenvalue weighted by Gasteiger charge is 2.43. The molecule has 0 aromatic carbocycles. The Hall–Kier alpha value is -0.810. The number of piperazine rings is 1. The topological polar surface area (TPSA) is 53.0 Å². The van der Waals surface area contributed by atoms with Crippen LogP contribution in [0.1, 0.15) is 33.6 Å². The predicted octanol–water partition coefficient (Wildman–Crippen LogP) is 1.46. The molecule has 1 N–H and O–H groups in total. The molecule has 0 radical (unpaired) electrons. The third-order valence-electron chi connectivity index (χ3n) is 3.07. The van der Waals surface area contributed by atoms with Gasteiger partial charge >= 0.3 is 6.09 Å². The van der Waals surface area contributed by atoms with Crippen molar-refractivity contribution in [1.29, 1.82) is 0 Å². The first kappa shape index (κ1) is 11.7. The zero-order chi connectivity index (χ0) is 11.9. The molecular weight excluding hydrogens is 208 g/mol. The van der Waals surface area contributed by atoms with E-state index in [4.69, 9.17) is 4.74 Å². The Kier molecular flexibility index (Phi) is 2.84. The summed E-state index contributed by atoms with van der Waals surface area (Å²) in [5, 5.41) is 10.8. The van der Waals surface area contributed by atoms with Gasteiger partial charge in [-0.3, -0.25) is 4.90 Å². The summed E-state index contributed by atoms with van der Waals surface area (Å²) in [5.41, 5.74) is -0.452. The molecule has 2 aliphatic rings. The van der Waals surface area contributed by atoms with Crippen LogP contribution in [-0.4, -0.2) is 52.0 Å². The van der Waals surface area contributed by atoms with Gasteiger partial charge in [0.05, 0.1) is 12.1 Å². The number of ether oxygens (including phenoxy) is 1. The molecular formula is C11H20N2O3. The third kappa shape index (κ3) is 2.30. The van der Waals surface area contributed by atoms with Crippen LogP contribution in [0.25, 0.3) is 0 Å². The van der Waals surface area contributed by atoms with E-state index >= 15 is 0 Å². The number of carbonyl (C=O) groups excluding carboxylic acids is 1. The SMILES string of the molecule is CC(C)(C)OC(=O)N1C2CCC1CN(O)C2. The van der Waals surface area contributed by atoms with Gasteiger partial charge in [-0.1, -0.05) is 0 Å². The number of hydrogen-bond donors (Lipinski definition) is 1. The maximum atomic E-state index is 12.0. The number of nitrogens with zero attached hydrogens (tertiary/aromatic N) is 2. The van der Waals surface area contributed by atoms with E-state index in [1.54, 1.807) is 4.90 Å². The van der Waals surface area contributed by atoms with Crippen LogP contribution in [0.4, 0.5) is 4.79 Å². The Morgan fingerprint density at radius 1 is 1.25 bits per heavy atom. The van der Waals surface area contributed by atoms with E-state index in [9.17, 15) is 10.0 Å². The molecule has 2 heterocycles. The van der Waals surface area contributed by atoms with Crippen molar-refractivity contribution < 1.29 is 14.7 Å². The summed E-state index contributed by atoms with van der Waals surface area (Å²) < 4.78 is 5.38. The van der Waals surface area contributed by atoms with Gasteiger partial charge in [-0.15, -0.1) is 0 Å². The monoisotopic (exact) mass is 228 g/mol. The smallest absolute Gasteiger partial charge is 0.410 e. The lowest BCUT2D eigenvalue weighted by Gasteiger charge is -2.38. The number of fused-ring (bicyclic) bond motifs is 2.